The van der Waals surface area contributed by atoms with Crippen molar-refractivity contribution in [2.75, 3.05) is 19.8 Å². The maximum Gasteiger partial charge on any atom is 0.220 e. The van der Waals surface area contributed by atoms with Crippen molar-refractivity contribution in [3.63, 3.8) is 0 Å². The highest BCUT2D eigenvalue weighted by molar-refractivity contribution is 5.76. The molecular formula is C67H127NO13. The van der Waals surface area contributed by atoms with Gasteiger partial charge in [-0.1, -0.05) is 276 Å². The Morgan fingerprint density at radius 3 is 1.19 bits per heavy atom. The largest absolute Gasteiger partial charge is 0.394 e. The van der Waals surface area contributed by atoms with Gasteiger partial charge >= 0.3 is 0 Å². The highest BCUT2D eigenvalue weighted by Gasteiger charge is 2.51. The Morgan fingerprint density at radius 2 is 0.778 bits per heavy atom. The van der Waals surface area contributed by atoms with E-state index in [4.69, 9.17) is 18.9 Å². The molecule has 2 saturated heterocycles. The molecule has 0 spiro atoms. The lowest BCUT2D eigenvalue weighted by atomic mass is 9.97. The monoisotopic (exact) mass is 1150 g/mol. The molecule has 2 fully saturated rings. The van der Waals surface area contributed by atoms with Crippen LogP contribution in [0.5, 0.6) is 0 Å². The Kier molecular flexibility index (Phi) is 49.2. The molecule has 0 aromatic carbocycles. The zero-order chi connectivity index (χ0) is 58.8. The number of aliphatic hydroxyl groups excluding tert-OH is 8. The molecular weight excluding hydrogens is 1030 g/mol. The Hall–Kier alpha value is -1.53. The number of hydrogen-bond donors (Lipinski definition) is 9. The van der Waals surface area contributed by atoms with E-state index >= 15 is 0 Å². The molecule has 2 aliphatic heterocycles. The summed E-state index contributed by atoms with van der Waals surface area (Å²) in [6, 6.07) is -0.908. The molecule has 14 heteroatoms. The van der Waals surface area contributed by atoms with Crippen LogP contribution in [0, 0.1) is 0 Å². The molecule has 1 amide bonds. The zero-order valence-electron chi connectivity index (χ0n) is 51.8. The number of carbonyl (C=O) groups excluding carboxylic acids is 1. The molecule has 12 atom stereocenters. The fraction of sp³-hybridized carbons (Fsp3) is 0.925. The molecule has 12 unspecified atom stereocenters. The van der Waals surface area contributed by atoms with E-state index in [-0.39, 0.29) is 18.9 Å². The van der Waals surface area contributed by atoms with Crippen LogP contribution in [0.1, 0.15) is 303 Å². The van der Waals surface area contributed by atoms with E-state index in [1.54, 1.807) is 6.08 Å². The predicted molar refractivity (Wildman–Crippen MR) is 328 cm³/mol. The van der Waals surface area contributed by atoms with E-state index in [0.717, 1.165) is 51.4 Å². The van der Waals surface area contributed by atoms with Crippen molar-refractivity contribution in [3.8, 4) is 0 Å². The SMILES string of the molecule is CCCCCC/C=C/C(O)C(COC1OC(CO)C(OC2OC(CO)C(O)C(O)C2O)C(O)C1O)NC(=O)CCCCCCCCCCCCCCCCCCCCCCCCCCCCCCC/C=C\CCCCCCCCCC. The van der Waals surface area contributed by atoms with Crippen molar-refractivity contribution in [1.29, 1.82) is 0 Å². The van der Waals surface area contributed by atoms with Crippen LogP contribution in [0.15, 0.2) is 24.3 Å². The summed E-state index contributed by atoms with van der Waals surface area (Å²) >= 11 is 0. The minimum atomic E-state index is -1.78. The quantitative estimate of drug-likeness (QED) is 0.0204. The van der Waals surface area contributed by atoms with Crippen molar-refractivity contribution < 1.29 is 64.6 Å². The molecule has 2 aliphatic rings. The highest BCUT2D eigenvalue weighted by Crippen LogP contribution is 2.30. The average molecular weight is 1150 g/mol. The van der Waals surface area contributed by atoms with Crippen molar-refractivity contribution in [1.82, 2.24) is 5.32 Å². The highest BCUT2D eigenvalue weighted by atomic mass is 16.7. The number of ether oxygens (including phenoxy) is 4. The first-order chi connectivity index (χ1) is 39.6. The molecule has 2 rings (SSSR count). The molecule has 2 heterocycles. The van der Waals surface area contributed by atoms with Gasteiger partial charge in [-0.2, -0.15) is 0 Å². The van der Waals surface area contributed by atoms with Gasteiger partial charge in [0.25, 0.3) is 0 Å². The van der Waals surface area contributed by atoms with Gasteiger partial charge in [-0.15, -0.1) is 0 Å². The van der Waals surface area contributed by atoms with Gasteiger partial charge in [-0.05, 0) is 44.9 Å². The lowest BCUT2D eigenvalue weighted by Crippen LogP contribution is -2.65. The van der Waals surface area contributed by atoms with Crippen LogP contribution in [0.2, 0.25) is 0 Å². The first kappa shape index (κ1) is 75.6. The maximum absolute atomic E-state index is 13.2. The van der Waals surface area contributed by atoms with Gasteiger partial charge in [0.2, 0.25) is 5.91 Å². The summed E-state index contributed by atoms with van der Waals surface area (Å²) in [6.45, 7) is 2.72. The lowest BCUT2D eigenvalue weighted by molar-refractivity contribution is -0.359. The number of carbonyl (C=O) groups is 1. The van der Waals surface area contributed by atoms with Gasteiger partial charge < -0.3 is 65.1 Å². The van der Waals surface area contributed by atoms with E-state index < -0.39 is 86.8 Å². The minimum Gasteiger partial charge on any atom is -0.394 e. The summed E-state index contributed by atoms with van der Waals surface area (Å²) in [5.41, 5.74) is 0. The molecule has 0 saturated carbocycles. The van der Waals surface area contributed by atoms with Crippen molar-refractivity contribution in [2.24, 2.45) is 0 Å². The fourth-order valence-corrected chi connectivity index (χ4v) is 11.4. The summed E-state index contributed by atoms with van der Waals surface area (Å²) in [7, 11) is 0. The van der Waals surface area contributed by atoms with E-state index in [2.05, 4.69) is 31.3 Å². The van der Waals surface area contributed by atoms with Gasteiger partial charge in [0.15, 0.2) is 12.6 Å². The first-order valence-electron chi connectivity index (χ1n) is 34.1. The van der Waals surface area contributed by atoms with Crippen molar-refractivity contribution in [3.05, 3.63) is 24.3 Å². The number of nitrogens with one attached hydrogen (secondary N) is 1. The third-order valence-electron chi connectivity index (χ3n) is 16.9. The number of rotatable bonds is 56. The van der Waals surface area contributed by atoms with Crippen molar-refractivity contribution >= 4 is 5.91 Å². The van der Waals surface area contributed by atoms with Crippen molar-refractivity contribution in [2.45, 2.75) is 376 Å². The first-order valence-corrected chi connectivity index (χ1v) is 34.1. The Morgan fingerprint density at radius 1 is 0.432 bits per heavy atom. The third-order valence-corrected chi connectivity index (χ3v) is 16.9. The number of allylic oxidation sites excluding steroid dienone is 3. The van der Waals surface area contributed by atoms with Gasteiger partial charge in [-0.3, -0.25) is 4.79 Å². The molecule has 0 aromatic heterocycles. The molecule has 81 heavy (non-hydrogen) atoms. The third kappa shape index (κ3) is 37.6. The standard InChI is InChI=1S/C67H127NO13/c1-3-5-7-9-11-12-13-14-15-16-17-18-19-20-21-22-23-24-25-26-27-28-29-30-31-32-33-34-35-36-37-38-39-40-41-42-43-44-45-47-49-51-59(72)68-55(56(71)50-48-46-10-8-6-4-2)54-78-66-64(77)62(75)65(58(53-70)80-66)81-67-63(76)61(74)60(73)57(52-69)79-67/h16-17,48,50,55-58,60-67,69-71,73-77H,3-15,18-47,49,51-54H2,1-2H3,(H,68,72)/b17-16-,50-48+. The molecule has 478 valence electrons. The van der Waals surface area contributed by atoms with Crippen LogP contribution in [-0.2, 0) is 23.7 Å². The average Bonchev–Trinajstić information content (AvgIpc) is 3.47. The van der Waals surface area contributed by atoms with E-state index in [1.807, 2.05) is 6.08 Å². The summed E-state index contributed by atoms with van der Waals surface area (Å²) in [4.78, 5) is 13.2. The Balaban J connectivity index is 1.44. The van der Waals surface area contributed by atoms with Crippen LogP contribution in [0.25, 0.3) is 0 Å². The van der Waals surface area contributed by atoms with Gasteiger partial charge in [0.1, 0.15) is 48.8 Å². The molecule has 0 bridgehead atoms. The summed E-state index contributed by atoms with van der Waals surface area (Å²) < 4.78 is 22.7. The smallest absolute Gasteiger partial charge is 0.220 e. The predicted octanol–water partition coefficient (Wildman–Crippen LogP) is 13.2. The normalized spacial score (nSPS) is 24.2. The number of hydrogen-bond acceptors (Lipinski definition) is 13. The molecule has 14 nitrogen and oxygen atoms in total. The topological polar surface area (TPSA) is 228 Å². The molecule has 0 radical (unpaired) electrons. The lowest BCUT2D eigenvalue weighted by Gasteiger charge is -2.46. The second-order valence-electron chi connectivity index (χ2n) is 24.3. The van der Waals surface area contributed by atoms with E-state index in [1.165, 1.54) is 225 Å². The molecule has 0 aromatic rings. The number of aliphatic hydroxyl groups is 8. The van der Waals surface area contributed by atoms with E-state index in [9.17, 15) is 45.6 Å². The van der Waals surface area contributed by atoms with Crippen LogP contribution in [0.3, 0.4) is 0 Å². The maximum atomic E-state index is 13.2. The van der Waals surface area contributed by atoms with Crippen LogP contribution >= 0.6 is 0 Å². The van der Waals surface area contributed by atoms with Crippen LogP contribution in [-0.4, -0.2) is 140 Å². The fourth-order valence-electron chi connectivity index (χ4n) is 11.4. The summed E-state index contributed by atoms with van der Waals surface area (Å²) in [5.74, 6) is -0.240. The van der Waals surface area contributed by atoms with E-state index in [0.29, 0.717) is 6.42 Å². The second kappa shape index (κ2) is 52.8. The summed E-state index contributed by atoms with van der Waals surface area (Å²) in [6.07, 6.45) is 49.2. The Bertz CT molecular complexity index is 1450. The minimum absolute atomic E-state index is 0.240. The van der Waals surface area contributed by atoms with Gasteiger partial charge in [0.05, 0.1) is 32.0 Å². The molecule has 0 aliphatic carbocycles. The van der Waals surface area contributed by atoms with Gasteiger partial charge in [0, 0.05) is 6.42 Å². The Labute approximate surface area is 494 Å². The summed E-state index contributed by atoms with van der Waals surface area (Å²) in [5, 5.41) is 86.6. The molecule has 9 N–H and O–H groups in total. The number of amides is 1. The van der Waals surface area contributed by atoms with Gasteiger partial charge in [-0.25, -0.2) is 0 Å². The van der Waals surface area contributed by atoms with Crippen LogP contribution in [0.4, 0.5) is 0 Å². The number of unbranched alkanes of at least 4 members (excludes halogenated alkanes) is 41. The second-order valence-corrected chi connectivity index (χ2v) is 24.3. The zero-order valence-corrected chi connectivity index (χ0v) is 51.8. The van der Waals surface area contributed by atoms with Crippen LogP contribution < -0.4 is 5.32 Å².